The monoisotopic (exact) mass is 384 g/mol. The van der Waals surface area contributed by atoms with E-state index >= 15 is 0 Å². The molecule has 1 aromatic carbocycles. The van der Waals surface area contributed by atoms with Crippen molar-refractivity contribution in [2.45, 2.75) is 49.6 Å². The van der Waals surface area contributed by atoms with Crippen LogP contribution in [0, 0.1) is 0 Å². The Bertz CT molecular complexity index is 605. The lowest BCUT2D eigenvalue weighted by atomic mass is 9.72. The molecule has 138 valence electrons. The topological polar surface area (TPSA) is 41.6 Å². The summed E-state index contributed by atoms with van der Waals surface area (Å²) in [5, 5.41) is 4.19. The zero-order valence-electron chi connectivity index (χ0n) is 14.4. The normalized spacial score (nSPS) is 28.1. The van der Waals surface area contributed by atoms with Crippen molar-refractivity contribution >= 4 is 29.9 Å². The quantitative estimate of drug-likeness (QED) is 0.851. The maximum absolute atomic E-state index is 13.8. The number of ether oxygens (including phenoxy) is 1. The van der Waals surface area contributed by atoms with Gasteiger partial charge in [-0.1, -0.05) is 29.8 Å². The average Bonchev–Trinajstić information content (AvgIpc) is 2.88. The minimum Gasteiger partial charge on any atom is -0.381 e. The zero-order valence-corrected chi connectivity index (χ0v) is 16.0. The summed E-state index contributed by atoms with van der Waals surface area (Å²) in [4.78, 5) is 16.0. The fourth-order valence-corrected chi connectivity index (χ4v) is 5.05. The molecular formula is C19H26Cl2N2O2. The predicted octanol–water partition coefficient (Wildman–Crippen LogP) is 3.16. The molecule has 1 N–H and O–H groups in total. The second-order valence-electron chi connectivity index (χ2n) is 7.26. The number of hydrogen-bond acceptors (Lipinski definition) is 3. The summed E-state index contributed by atoms with van der Waals surface area (Å²) >= 11 is 6.53. The average molecular weight is 385 g/mol. The molecule has 2 unspecified atom stereocenters. The fourth-order valence-electron chi connectivity index (χ4n) is 4.73. The number of amides is 1. The third kappa shape index (κ3) is 3.30. The number of carbonyl (C=O) groups excluding carboxylic acids is 1. The first-order valence-corrected chi connectivity index (χ1v) is 9.46. The van der Waals surface area contributed by atoms with E-state index < -0.39 is 5.41 Å². The predicted molar refractivity (Wildman–Crippen MR) is 102 cm³/mol. The molecule has 3 saturated heterocycles. The highest BCUT2D eigenvalue weighted by molar-refractivity contribution is 6.31. The molecule has 0 aromatic heterocycles. The lowest BCUT2D eigenvalue weighted by Gasteiger charge is -2.42. The zero-order chi connectivity index (χ0) is 16.6. The van der Waals surface area contributed by atoms with E-state index in [9.17, 15) is 4.79 Å². The molecule has 25 heavy (non-hydrogen) atoms. The molecular weight excluding hydrogens is 359 g/mol. The number of hydrogen-bond donors (Lipinski definition) is 1. The minimum atomic E-state index is -0.526. The molecule has 0 radical (unpaired) electrons. The Morgan fingerprint density at radius 1 is 1.16 bits per heavy atom. The molecule has 3 fully saturated rings. The third-order valence-electron chi connectivity index (χ3n) is 6.03. The largest absolute Gasteiger partial charge is 0.381 e. The molecule has 0 saturated carbocycles. The molecule has 2 atom stereocenters. The van der Waals surface area contributed by atoms with Crippen LogP contribution in [-0.2, 0) is 14.9 Å². The van der Waals surface area contributed by atoms with Gasteiger partial charge in [0.1, 0.15) is 0 Å². The van der Waals surface area contributed by atoms with E-state index in [1.54, 1.807) is 0 Å². The van der Waals surface area contributed by atoms with Gasteiger partial charge in [-0.05, 0) is 50.3 Å². The Hall–Kier alpha value is -0.810. The molecule has 3 aliphatic rings. The van der Waals surface area contributed by atoms with Gasteiger partial charge < -0.3 is 15.0 Å². The lowest BCUT2D eigenvalue weighted by Crippen LogP contribution is -2.54. The molecule has 1 amide bonds. The van der Waals surface area contributed by atoms with Gasteiger partial charge in [-0.2, -0.15) is 0 Å². The summed E-state index contributed by atoms with van der Waals surface area (Å²) in [5.74, 6) is 0.273. The van der Waals surface area contributed by atoms with E-state index in [1.807, 2.05) is 24.3 Å². The number of nitrogens with zero attached hydrogens (tertiary/aromatic N) is 1. The number of fused-ring (bicyclic) bond motifs is 2. The van der Waals surface area contributed by atoms with E-state index in [4.69, 9.17) is 16.3 Å². The van der Waals surface area contributed by atoms with Crippen LogP contribution in [0.5, 0.6) is 0 Å². The summed E-state index contributed by atoms with van der Waals surface area (Å²) in [6, 6.07) is 8.56. The molecule has 2 bridgehead atoms. The Morgan fingerprint density at radius 2 is 1.88 bits per heavy atom. The van der Waals surface area contributed by atoms with Gasteiger partial charge >= 0.3 is 0 Å². The summed E-state index contributed by atoms with van der Waals surface area (Å²) < 4.78 is 5.59. The fraction of sp³-hybridized carbons (Fsp3) is 0.632. The molecule has 4 rings (SSSR count). The SMILES string of the molecule is Cl.O=C(N1C2CCNCC1CC2)C1(c2ccccc2Cl)CCOCC1. The highest BCUT2D eigenvalue weighted by Gasteiger charge is 2.50. The van der Waals surface area contributed by atoms with Crippen LogP contribution in [0.4, 0.5) is 0 Å². The van der Waals surface area contributed by atoms with E-state index in [0.29, 0.717) is 30.3 Å². The van der Waals surface area contributed by atoms with Gasteiger partial charge in [-0.15, -0.1) is 12.4 Å². The molecule has 0 aliphatic carbocycles. The maximum atomic E-state index is 13.8. The summed E-state index contributed by atoms with van der Waals surface area (Å²) in [6.45, 7) is 3.17. The van der Waals surface area contributed by atoms with Crippen LogP contribution < -0.4 is 5.32 Å². The number of nitrogens with one attached hydrogen (secondary N) is 1. The highest BCUT2D eigenvalue weighted by atomic mass is 35.5. The van der Waals surface area contributed by atoms with Crippen LogP contribution in [0.1, 0.15) is 37.7 Å². The van der Waals surface area contributed by atoms with Crippen LogP contribution in [0.2, 0.25) is 5.02 Å². The van der Waals surface area contributed by atoms with Gasteiger partial charge in [0.05, 0.1) is 5.41 Å². The number of carbonyl (C=O) groups is 1. The van der Waals surface area contributed by atoms with Crippen LogP contribution in [0.3, 0.4) is 0 Å². The first kappa shape index (κ1) is 19.0. The van der Waals surface area contributed by atoms with Gasteiger partial charge in [0, 0.05) is 36.9 Å². The standard InChI is InChI=1S/C19H25ClN2O2.ClH/c20-17-4-2-1-3-16(17)19(8-11-24-12-9-19)18(23)22-14-5-6-15(22)13-21-10-7-14;/h1-4,14-15,21H,5-13H2;1H. The van der Waals surface area contributed by atoms with Crippen molar-refractivity contribution in [2.75, 3.05) is 26.3 Å². The van der Waals surface area contributed by atoms with Crippen LogP contribution >= 0.6 is 24.0 Å². The first-order valence-electron chi connectivity index (χ1n) is 9.09. The van der Waals surface area contributed by atoms with Crippen molar-refractivity contribution in [3.8, 4) is 0 Å². The van der Waals surface area contributed by atoms with Gasteiger partial charge in [-0.3, -0.25) is 4.79 Å². The van der Waals surface area contributed by atoms with Crippen molar-refractivity contribution in [3.05, 3.63) is 34.9 Å². The number of benzene rings is 1. The van der Waals surface area contributed by atoms with Crippen molar-refractivity contribution in [1.29, 1.82) is 0 Å². The summed E-state index contributed by atoms with van der Waals surface area (Å²) in [6.07, 6.45) is 4.74. The van der Waals surface area contributed by atoms with Crippen LogP contribution in [0.25, 0.3) is 0 Å². The Labute approximate surface area is 160 Å². The van der Waals surface area contributed by atoms with E-state index in [1.165, 1.54) is 0 Å². The molecule has 1 aromatic rings. The number of halogens is 2. The Kier molecular flexibility index (Phi) is 5.94. The molecule has 4 nitrogen and oxygen atoms in total. The first-order chi connectivity index (χ1) is 11.7. The van der Waals surface area contributed by atoms with Crippen LogP contribution in [0.15, 0.2) is 24.3 Å². The smallest absolute Gasteiger partial charge is 0.234 e. The van der Waals surface area contributed by atoms with Crippen molar-refractivity contribution < 1.29 is 9.53 Å². The maximum Gasteiger partial charge on any atom is 0.234 e. The van der Waals surface area contributed by atoms with Gasteiger partial charge in [0.25, 0.3) is 0 Å². The Balaban J connectivity index is 0.00000182. The molecule has 0 spiro atoms. The number of rotatable bonds is 2. The van der Waals surface area contributed by atoms with Gasteiger partial charge in [0.15, 0.2) is 0 Å². The Morgan fingerprint density at radius 3 is 2.64 bits per heavy atom. The van der Waals surface area contributed by atoms with E-state index in [-0.39, 0.29) is 18.3 Å². The lowest BCUT2D eigenvalue weighted by molar-refractivity contribution is -0.144. The van der Waals surface area contributed by atoms with Crippen molar-refractivity contribution in [3.63, 3.8) is 0 Å². The second-order valence-corrected chi connectivity index (χ2v) is 7.67. The molecule has 3 heterocycles. The highest BCUT2D eigenvalue weighted by Crippen LogP contribution is 2.43. The second kappa shape index (κ2) is 7.83. The van der Waals surface area contributed by atoms with Crippen molar-refractivity contribution in [2.24, 2.45) is 0 Å². The van der Waals surface area contributed by atoms with E-state index in [2.05, 4.69) is 10.2 Å². The summed E-state index contributed by atoms with van der Waals surface area (Å²) in [7, 11) is 0. The van der Waals surface area contributed by atoms with Gasteiger partial charge in [-0.25, -0.2) is 0 Å². The minimum absolute atomic E-state index is 0. The molecule has 6 heteroatoms. The third-order valence-corrected chi connectivity index (χ3v) is 6.36. The van der Waals surface area contributed by atoms with Crippen molar-refractivity contribution in [1.82, 2.24) is 10.2 Å². The van der Waals surface area contributed by atoms with Crippen LogP contribution in [-0.4, -0.2) is 49.2 Å². The van der Waals surface area contributed by atoms with Gasteiger partial charge in [0.2, 0.25) is 5.91 Å². The molecule has 3 aliphatic heterocycles. The van der Waals surface area contributed by atoms with E-state index in [0.717, 1.165) is 50.8 Å². The summed E-state index contributed by atoms with van der Waals surface area (Å²) in [5.41, 5.74) is 0.457.